The molecule has 3 rings (SSSR count). The first-order valence-electron chi connectivity index (χ1n) is 9.37. The molecule has 0 saturated heterocycles. The number of anilines is 2. The molecular weight excluding hydrogens is 433 g/mol. The van der Waals surface area contributed by atoms with E-state index < -0.39 is 0 Å². The van der Waals surface area contributed by atoms with E-state index in [1.807, 2.05) is 32.1 Å². The van der Waals surface area contributed by atoms with Crippen molar-refractivity contribution >= 4 is 53.3 Å². The van der Waals surface area contributed by atoms with Gasteiger partial charge in [-0.3, -0.25) is 4.79 Å². The highest BCUT2D eigenvalue weighted by Crippen LogP contribution is 2.25. The third-order valence-corrected chi connectivity index (χ3v) is 5.69. The van der Waals surface area contributed by atoms with E-state index in [0.717, 1.165) is 37.1 Å². The second-order valence-electron chi connectivity index (χ2n) is 7.39. The molecule has 2 N–H and O–H groups in total. The number of benzene rings is 1. The average Bonchev–Trinajstić information content (AvgIpc) is 2.66. The average molecular weight is 459 g/mol. The Kier molecular flexibility index (Phi) is 8.37. The summed E-state index contributed by atoms with van der Waals surface area (Å²) in [6, 6.07) is 5.38. The number of aryl methyl sites for hydroxylation is 1. The summed E-state index contributed by atoms with van der Waals surface area (Å²) in [6.45, 7) is 2.00. The number of hydrogen-bond acceptors (Lipinski definition) is 5. The van der Waals surface area contributed by atoms with Crippen LogP contribution in [0.25, 0.3) is 0 Å². The van der Waals surface area contributed by atoms with Crippen LogP contribution in [0.2, 0.25) is 10.0 Å². The number of halogens is 3. The highest BCUT2D eigenvalue weighted by molar-refractivity contribution is 6.42. The number of nitrogens with one attached hydrogen (secondary N) is 2. The van der Waals surface area contributed by atoms with Gasteiger partial charge in [0.2, 0.25) is 5.95 Å². The molecule has 29 heavy (non-hydrogen) atoms. The lowest BCUT2D eigenvalue weighted by Crippen LogP contribution is -2.40. The molecule has 0 bridgehead atoms. The standard InChI is InChI=1S/C20H25Cl2N5O.ClH/c1-12-11-23-20(26-18(12)27(2)3)25-15-7-5-14(6-8-15)24-19(28)13-4-9-16(21)17(22)10-13;/h4,9-11,14-15H,5-8H2,1-3H3,(H,24,28)(H,23,25,26);1H. The summed E-state index contributed by atoms with van der Waals surface area (Å²) in [7, 11) is 3.95. The van der Waals surface area contributed by atoms with Gasteiger partial charge in [-0.1, -0.05) is 23.2 Å². The summed E-state index contributed by atoms with van der Waals surface area (Å²) in [5.41, 5.74) is 1.57. The molecule has 0 unspecified atom stereocenters. The molecule has 1 heterocycles. The van der Waals surface area contributed by atoms with Crippen LogP contribution in [0.4, 0.5) is 11.8 Å². The smallest absolute Gasteiger partial charge is 0.251 e. The predicted octanol–water partition coefficient (Wildman–Crippen LogP) is 4.73. The molecule has 0 spiro atoms. The highest BCUT2D eigenvalue weighted by atomic mass is 35.5. The normalized spacial score (nSPS) is 18.5. The number of hydrogen-bond donors (Lipinski definition) is 2. The van der Waals surface area contributed by atoms with Crippen LogP contribution in [0.5, 0.6) is 0 Å². The van der Waals surface area contributed by atoms with Gasteiger partial charge in [-0.05, 0) is 50.8 Å². The molecule has 2 aromatic rings. The van der Waals surface area contributed by atoms with Crippen molar-refractivity contribution in [1.29, 1.82) is 0 Å². The van der Waals surface area contributed by atoms with Crippen LogP contribution in [0.1, 0.15) is 41.6 Å². The molecule has 158 valence electrons. The highest BCUT2D eigenvalue weighted by Gasteiger charge is 2.23. The molecule has 1 aromatic carbocycles. The maximum atomic E-state index is 12.4. The first-order valence-corrected chi connectivity index (χ1v) is 10.1. The van der Waals surface area contributed by atoms with Crippen LogP contribution < -0.4 is 15.5 Å². The zero-order valence-corrected chi connectivity index (χ0v) is 19.0. The quantitative estimate of drug-likeness (QED) is 0.677. The number of amides is 1. The predicted molar refractivity (Wildman–Crippen MR) is 122 cm³/mol. The minimum atomic E-state index is -0.118. The number of aromatic nitrogens is 2. The molecule has 0 radical (unpaired) electrons. The zero-order chi connectivity index (χ0) is 20.3. The van der Waals surface area contributed by atoms with Crippen LogP contribution >= 0.6 is 35.6 Å². The third-order valence-electron chi connectivity index (χ3n) is 4.95. The molecule has 6 nitrogen and oxygen atoms in total. The number of carbonyl (C=O) groups excluding carboxylic acids is 1. The van der Waals surface area contributed by atoms with Gasteiger partial charge in [-0.2, -0.15) is 4.98 Å². The van der Waals surface area contributed by atoms with E-state index in [0.29, 0.717) is 27.6 Å². The summed E-state index contributed by atoms with van der Waals surface area (Å²) in [5, 5.41) is 7.35. The SMILES string of the molecule is Cc1cnc(NC2CCC(NC(=O)c3ccc(Cl)c(Cl)c3)CC2)nc1N(C)C.Cl. The Morgan fingerprint density at radius 3 is 2.38 bits per heavy atom. The van der Waals surface area contributed by atoms with Crippen LogP contribution in [0.3, 0.4) is 0 Å². The van der Waals surface area contributed by atoms with Gasteiger partial charge in [0, 0.05) is 43.5 Å². The lowest BCUT2D eigenvalue weighted by molar-refractivity contribution is 0.0926. The lowest BCUT2D eigenvalue weighted by Gasteiger charge is -2.30. The van der Waals surface area contributed by atoms with Gasteiger partial charge < -0.3 is 15.5 Å². The van der Waals surface area contributed by atoms with Gasteiger partial charge in [0.15, 0.2) is 0 Å². The van der Waals surface area contributed by atoms with Gasteiger partial charge >= 0.3 is 0 Å². The molecule has 9 heteroatoms. The van der Waals surface area contributed by atoms with Gasteiger partial charge in [-0.25, -0.2) is 4.98 Å². The van der Waals surface area contributed by atoms with E-state index in [1.54, 1.807) is 18.2 Å². The van der Waals surface area contributed by atoms with Crippen molar-refractivity contribution in [1.82, 2.24) is 15.3 Å². The van der Waals surface area contributed by atoms with E-state index in [1.165, 1.54) is 0 Å². The van der Waals surface area contributed by atoms with E-state index in [9.17, 15) is 4.79 Å². The Balaban J connectivity index is 0.00000300. The first kappa shape index (κ1) is 23.5. The molecular formula is C20H26Cl3N5O. The minimum Gasteiger partial charge on any atom is -0.362 e. The monoisotopic (exact) mass is 457 g/mol. The van der Waals surface area contributed by atoms with Crippen molar-refractivity contribution in [2.75, 3.05) is 24.3 Å². The molecule has 1 fully saturated rings. The fraction of sp³-hybridized carbons (Fsp3) is 0.450. The van der Waals surface area contributed by atoms with Crippen molar-refractivity contribution in [3.8, 4) is 0 Å². The van der Waals surface area contributed by atoms with Crippen molar-refractivity contribution in [3.05, 3.63) is 45.6 Å². The number of rotatable bonds is 5. The third kappa shape index (κ3) is 6.11. The largest absolute Gasteiger partial charge is 0.362 e. The zero-order valence-electron chi connectivity index (χ0n) is 16.7. The molecule has 0 aliphatic heterocycles. The summed E-state index contributed by atoms with van der Waals surface area (Å²) in [6.07, 6.45) is 5.53. The van der Waals surface area contributed by atoms with Crippen LogP contribution in [0.15, 0.2) is 24.4 Å². The lowest BCUT2D eigenvalue weighted by atomic mass is 9.91. The van der Waals surface area contributed by atoms with E-state index in [4.69, 9.17) is 23.2 Å². The number of nitrogens with zero attached hydrogens (tertiary/aromatic N) is 3. The Bertz CT molecular complexity index is 854. The second-order valence-corrected chi connectivity index (χ2v) is 8.20. The summed E-state index contributed by atoms with van der Waals surface area (Å²) in [5.74, 6) is 1.45. The Morgan fingerprint density at radius 1 is 1.10 bits per heavy atom. The second kappa shape index (κ2) is 10.3. The van der Waals surface area contributed by atoms with E-state index >= 15 is 0 Å². The topological polar surface area (TPSA) is 70.1 Å². The van der Waals surface area contributed by atoms with E-state index in [-0.39, 0.29) is 24.4 Å². The van der Waals surface area contributed by atoms with Crippen LogP contribution in [-0.2, 0) is 0 Å². The fourth-order valence-corrected chi connectivity index (χ4v) is 3.72. The van der Waals surface area contributed by atoms with Gasteiger partial charge in [0.1, 0.15) is 5.82 Å². The summed E-state index contributed by atoms with van der Waals surface area (Å²) >= 11 is 11.9. The molecule has 1 aromatic heterocycles. The van der Waals surface area contributed by atoms with Crippen LogP contribution in [0, 0.1) is 6.92 Å². The molecule has 0 atom stereocenters. The van der Waals surface area contributed by atoms with Gasteiger partial charge in [-0.15, -0.1) is 12.4 Å². The maximum absolute atomic E-state index is 12.4. The first-order chi connectivity index (χ1) is 13.3. The van der Waals surface area contributed by atoms with Crippen molar-refractivity contribution in [2.45, 2.75) is 44.7 Å². The van der Waals surface area contributed by atoms with E-state index in [2.05, 4.69) is 20.6 Å². The minimum absolute atomic E-state index is 0. The Hall–Kier alpha value is -1.76. The van der Waals surface area contributed by atoms with Crippen molar-refractivity contribution < 1.29 is 4.79 Å². The molecule has 1 aliphatic rings. The summed E-state index contributed by atoms with van der Waals surface area (Å²) < 4.78 is 0. The van der Waals surface area contributed by atoms with Gasteiger partial charge in [0.05, 0.1) is 10.0 Å². The van der Waals surface area contributed by atoms with Crippen LogP contribution in [-0.4, -0.2) is 42.1 Å². The Labute approximate surface area is 187 Å². The van der Waals surface area contributed by atoms with Crippen molar-refractivity contribution in [3.63, 3.8) is 0 Å². The maximum Gasteiger partial charge on any atom is 0.251 e. The van der Waals surface area contributed by atoms with Gasteiger partial charge in [0.25, 0.3) is 5.91 Å². The summed E-state index contributed by atoms with van der Waals surface area (Å²) in [4.78, 5) is 23.4. The van der Waals surface area contributed by atoms with Crippen molar-refractivity contribution in [2.24, 2.45) is 0 Å². The molecule has 1 amide bonds. The molecule has 1 saturated carbocycles. The Morgan fingerprint density at radius 2 is 1.76 bits per heavy atom. The molecule has 1 aliphatic carbocycles. The fourth-order valence-electron chi connectivity index (χ4n) is 3.43. The number of carbonyl (C=O) groups is 1.